The Hall–Kier alpha value is -4.33. The van der Waals surface area contributed by atoms with Crippen LogP contribution in [0, 0.1) is 0 Å². The zero-order valence-corrected chi connectivity index (χ0v) is 17.9. The van der Waals surface area contributed by atoms with Crippen LogP contribution in [0.3, 0.4) is 0 Å². The van der Waals surface area contributed by atoms with Gasteiger partial charge in [-0.05, 0) is 35.9 Å². The monoisotopic (exact) mass is 442 g/mol. The fraction of sp³-hybridized carbons (Fsp3) is 0.160. The summed E-state index contributed by atoms with van der Waals surface area (Å²) in [7, 11) is 1.92. The highest BCUT2D eigenvalue weighted by Gasteiger charge is 2.23. The van der Waals surface area contributed by atoms with Crippen molar-refractivity contribution in [2.24, 2.45) is 7.05 Å². The third-order valence-electron chi connectivity index (χ3n) is 5.56. The molecule has 0 saturated carbocycles. The number of hydrogen-bond donors (Lipinski definition) is 2. The fourth-order valence-electron chi connectivity index (χ4n) is 3.88. The minimum Gasteiger partial charge on any atom is -0.454 e. The van der Waals surface area contributed by atoms with Gasteiger partial charge in [-0.15, -0.1) is 0 Å². The predicted octanol–water partition coefficient (Wildman–Crippen LogP) is 2.94. The molecule has 0 fully saturated rings. The summed E-state index contributed by atoms with van der Waals surface area (Å²) in [6, 6.07) is 21.9. The minimum absolute atomic E-state index is 0.131. The van der Waals surface area contributed by atoms with Gasteiger partial charge < -0.3 is 24.7 Å². The molecule has 8 heteroatoms. The van der Waals surface area contributed by atoms with Crippen molar-refractivity contribution in [3.8, 4) is 11.5 Å². The van der Waals surface area contributed by atoms with Gasteiger partial charge in [-0.2, -0.15) is 0 Å². The number of benzene rings is 3. The predicted molar refractivity (Wildman–Crippen MR) is 122 cm³/mol. The molecule has 2 N–H and O–H groups in total. The van der Waals surface area contributed by atoms with Crippen LogP contribution in [0.25, 0.3) is 11.0 Å². The fourth-order valence-corrected chi connectivity index (χ4v) is 3.88. The molecule has 1 aliphatic heterocycles. The van der Waals surface area contributed by atoms with E-state index in [1.807, 2.05) is 66.2 Å². The second kappa shape index (κ2) is 8.66. The molecular formula is C25H22N4O4. The molecule has 2 heterocycles. The highest BCUT2D eigenvalue weighted by atomic mass is 16.7. The Morgan fingerprint density at radius 3 is 2.58 bits per heavy atom. The van der Waals surface area contributed by atoms with Crippen LogP contribution in [0.5, 0.6) is 11.5 Å². The van der Waals surface area contributed by atoms with Gasteiger partial charge in [0.15, 0.2) is 11.5 Å². The Morgan fingerprint density at radius 1 is 1.00 bits per heavy atom. The molecular weight excluding hydrogens is 420 g/mol. The molecule has 33 heavy (non-hydrogen) atoms. The maximum Gasteiger partial charge on any atom is 0.251 e. The number of carbonyl (C=O) groups excluding carboxylic acids is 2. The van der Waals surface area contributed by atoms with Crippen molar-refractivity contribution >= 4 is 22.8 Å². The van der Waals surface area contributed by atoms with E-state index >= 15 is 0 Å². The summed E-state index contributed by atoms with van der Waals surface area (Å²) >= 11 is 0. The molecule has 1 unspecified atom stereocenters. The van der Waals surface area contributed by atoms with E-state index in [2.05, 4.69) is 10.6 Å². The minimum atomic E-state index is -0.474. The zero-order chi connectivity index (χ0) is 22.8. The van der Waals surface area contributed by atoms with Crippen molar-refractivity contribution in [1.29, 1.82) is 0 Å². The van der Waals surface area contributed by atoms with Crippen LogP contribution < -0.4 is 20.1 Å². The Bertz CT molecular complexity index is 1330. The second-order valence-electron chi connectivity index (χ2n) is 7.68. The number of amides is 2. The standard InChI is InChI=1S/C25H22N4O4/c1-29-19-10-6-5-9-18(19)27-24(29)23(16-7-3-2-4-8-16)28-22(30)14-26-25(31)17-11-12-20-21(13-17)33-15-32-20/h2-13,23H,14-15H2,1H3,(H,26,31)(H,28,30). The molecule has 5 rings (SSSR count). The van der Waals surface area contributed by atoms with Crippen LogP contribution in [-0.4, -0.2) is 34.7 Å². The van der Waals surface area contributed by atoms with Gasteiger partial charge in [0.1, 0.15) is 11.9 Å². The van der Waals surface area contributed by atoms with Gasteiger partial charge in [-0.3, -0.25) is 9.59 Å². The van der Waals surface area contributed by atoms with Gasteiger partial charge in [0.25, 0.3) is 5.91 Å². The van der Waals surface area contributed by atoms with E-state index in [-0.39, 0.29) is 25.2 Å². The lowest BCUT2D eigenvalue weighted by molar-refractivity contribution is -0.120. The average Bonchev–Trinajstić information content (AvgIpc) is 3.45. The van der Waals surface area contributed by atoms with Crippen LogP contribution in [0.1, 0.15) is 27.8 Å². The van der Waals surface area contributed by atoms with Crippen LogP contribution in [0.15, 0.2) is 72.8 Å². The lowest BCUT2D eigenvalue weighted by Gasteiger charge is -2.19. The summed E-state index contributed by atoms with van der Waals surface area (Å²) in [6.45, 7) is -0.0492. The molecule has 0 bridgehead atoms. The van der Waals surface area contributed by atoms with E-state index < -0.39 is 6.04 Å². The van der Waals surface area contributed by atoms with E-state index in [1.54, 1.807) is 18.2 Å². The Balaban J connectivity index is 1.33. The molecule has 0 saturated heterocycles. The summed E-state index contributed by atoms with van der Waals surface area (Å²) in [5.74, 6) is 1.11. The molecule has 1 aliphatic rings. The molecule has 3 aromatic carbocycles. The van der Waals surface area contributed by atoms with Crippen LogP contribution in [-0.2, 0) is 11.8 Å². The molecule has 166 valence electrons. The molecule has 0 radical (unpaired) electrons. The third kappa shape index (κ3) is 4.10. The second-order valence-corrected chi connectivity index (χ2v) is 7.68. The SMILES string of the molecule is Cn1c(C(NC(=O)CNC(=O)c2ccc3c(c2)OCO3)c2ccccc2)nc2ccccc21. The van der Waals surface area contributed by atoms with Gasteiger partial charge in [-0.25, -0.2) is 4.98 Å². The van der Waals surface area contributed by atoms with Crippen LogP contribution in [0.2, 0.25) is 0 Å². The molecule has 8 nitrogen and oxygen atoms in total. The number of fused-ring (bicyclic) bond motifs is 2. The van der Waals surface area contributed by atoms with E-state index in [9.17, 15) is 9.59 Å². The van der Waals surface area contributed by atoms with Crippen molar-refractivity contribution in [1.82, 2.24) is 20.2 Å². The summed E-state index contributed by atoms with van der Waals surface area (Å²) in [5, 5.41) is 5.68. The van der Waals surface area contributed by atoms with E-state index in [4.69, 9.17) is 14.5 Å². The molecule has 1 aromatic heterocycles. The largest absolute Gasteiger partial charge is 0.454 e. The van der Waals surface area contributed by atoms with Gasteiger partial charge >= 0.3 is 0 Å². The van der Waals surface area contributed by atoms with Crippen molar-refractivity contribution in [2.75, 3.05) is 13.3 Å². The Labute approximate surface area is 190 Å². The maximum absolute atomic E-state index is 12.8. The highest BCUT2D eigenvalue weighted by molar-refractivity contribution is 5.97. The van der Waals surface area contributed by atoms with Gasteiger partial charge in [-0.1, -0.05) is 42.5 Å². The topological polar surface area (TPSA) is 94.5 Å². The number of nitrogens with zero attached hydrogens (tertiary/aromatic N) is 2. The summed E-state index contributed by atoms with van der Waals surface area (Å²) in [6.07, 6.45) is 0. The van der Waals surface area contributed by atoms with Crippen molar-refractivity contribution < 1.29 is 19.1 Å². The lowest BCUT2D eigenvalue weighted by Crippen LogP contribution is -2.39. The quantitative estimate of drug-likeness (QED) is 0.479. The van der Waals surface area contributed by atoms with Gasteiger partial charge in [0.05, 0.1) is 17.6 Å². The number of aromatic nitrogens is 2. The van der Waals surface area contributed by atoms with E-state index in [1.165, 1.54) is 0 Å². The van der Waals surface area contributed by atoms with Crippen LogP contribution >= 0.6 is 0 Å². The summed E-state index contributed by atoms with van der Waals surface area (Å²) in [4.78, 5) is 30.1. The lowest BCUT2D eigenvalue weighted by atomic mass is 10.1. The first-order valence-corrected chi connectivity index (χ1v) is 10.5. The maximum atomic E-state index is 12.8. The summed E-state index contributed by atoms with van der Waals surface area (Å²) < 4.78 is 12.5. The average molecular weight is 442 g/mol. The van der Waals surface area contributed by atoms with E-state index in [0.717, 1.165) is 16.6 Å². The summed E-state index contributed by atoms with van der Waals surface area (Å²) in [5.41, 5.74) is 3.11. The first-order chi connectivity index (χ1) is 16.1. The van der Waals surface area contributed by atoms with Gasteiger partial charge in [0, 0.05) is 12.6 Å². The Kier molecular flexibility index (Phi) is 5.40. The molecule has 0 spiro atoms. The number of aryl methyl sites for hydroxylation is 1. The smallest absolute Gasteiger partial charge is 0.251 e. The molecule has 0 aliphatic carbocycles. The highest BCUT2D eigenvalue weighted by Crippen LogP contribution is 2.32. The van der Waals surface area contributed by atoms with Crippen molar-refractivity contribution in [2.45, 2.75) is 6.04 Å². The number of ether oxygens (including phenoxy) is 2. The Morgan fingerprint density at radius 2 is 1.76 bits per heavy atom. The number of para-hydroxylation sites is 2. The zero-order valence-electron chi connectivity index (χ0n) is 17.9. The van der Waals surface area contributed by atoms with Crippen molar-refractivity contribution in [3.63, 3.8) is 0 Å². The van der Waals surface area contributed by atoms with Gasteiger partial charge in [0.2, 0.25) is 12.7 Å². The third-order valence-corrected chi connectivity index (χ3v) is 5.56. The first kappa shape index (κ1) is 20.6. The number of nitrogens with one attached hydrogen (secondary N) is 2. The molecule has 4 aromatic rings. The first-order valence-electron chi connectivity index (χ1n) is 10.5. The number of rotatable bonds is 6. The number of carbonyl (C=O) groups is 2. The molecule has 1 atom stereocenters. The van der Waals surface area contributed by atoms with Crippen LogP contribution in [0.4, 0.5) is 0 Å². The molecule has 2 amide bonds. The van der Waals surface area contributed by atoms with Crippen molar-refractivity contribution in [3.05, 3.63) is 89.7 Å². The van der Waals surface area contributed by atoms with E-state index in [0.29, 0.717) is 22.9 Å². The number of hydrogen-bond acceptors (Lipinski definition) is 5. The number of imidazole rings is 1. The normalized spacial score (nSPS) is 13.0.